The second-order valence-corrected chi connectivity index (χ2v) is 6.42. The van der Waals surface area contributed by atoms with Gasteiger partial charge in [-0.15, -0.1) is 0 Å². The van der Waals surface area contributed by atoms with E-state index in [-0.39, 0.29) is 0 Å². The standard InChI is InChI=1S/C20H25NO2/c1-15(16-6-3-2-4-7-16)21-13-19(22)14-23-20-11-10-17-8-5-9-18(17)12-20/h2-4,6-7,10-12,15,19,21-22H,5,8-9,13-14H2,1H3/p+1/t15-,19+/m0/s1. The summed E-state index contributed by atoms with van der Waals surface area (Å²) < 4.78 is 5.76. The van der Waals surface area contributed by atoms with Crippen molar-refractivity contribution >= 4 is 0 Å². The fourth-order valence-corrected chi connectivity index (χ4v) is 3.15. The van der Waals surface area contributed by atoms with Gasteiger partial charge in [0.1, 0.15) is 31.0 Å². The molecule has 3 nitrogen and oxygen atoms in total. The highest BCUT2D eigenvalue weighted by molar-refractivity contribution is 5.38. The lowest BCUT2D eigenvalue weighted by molar-refractivity contribution is -0.698. The molecular weight excluding hydrogens is 286 g/mol. The van der Waals surface area contributed by atoms with E-state index < -0.39 is 6.10 Å². The van der Waals surface area contributed by atoms with Crippen molar-refractivity contribution in [2.45, 2.75) is 38.3 Å². The summed E-state index contributed by atoms with van der Waals surface area (Å²) in [5.74, 6) is 0.876. The van der Waals surface area contributed by atoms with Crippen molar-refractivity contribution in [3.8, 4) is 5.75 Å². The molecule has 2 atom stereocenters. The van der Waals surface area contributed by atoms with Crippen LogP contribution in [-0.2, 0) is 12.8 Å². The van der Waals surface area contributed by atoms with Crippen molar-refractivity contribution in [1.29, 1.82) is 0 Å². The van der Waals surface area contributed by atoms with E-state index in [1.165, 1.54) is 29.5 Å². The Hall–Kier alpha value is -1.84. The molecule has 1 aliphatic rings. The van der Waals surface area contributed by atoms with E-state index in [4.69, 9.17) is 4.74 Å². The number of hydrogen-bond acceptors (Lipinski definition) is 2. The van der Waals surface area contributed by atoms with Gasteiger partial charge in [0.2, 0.25) is 0 Å². The molecule has 0 fully saturated rings. The molecule has 0 saturated heterocycles. The maximum absolute atomic E-state index is 10.1. The second-order valence-electron chi connectivity index (χ2n) is 6.42. The average molecular weight is 312 g/mol. The molecule has 2 aromatic carbocycles. The van der Waals surface area contributed by atoms with E-state index in [0.717, 1.165) is 12.2 Å². The predicted molar refractivity (Wildman–Crippen MR) is 91.6 cm³/mol. The summed E-state index contributed by atoms with van der Waals surface area (Å²) in [6, 6.07) is 17.0. The summed E-state index contributed by atoms with van der Waals surface area (Å²) in [5, 5.41) is 12.3. The number of aliphatic hydroxyl groups is 1. The van der Waals surface area contributed by atoms with Gasteiger partial charge in [0.05, 0.1) is 0 Å². The molecule has 122 valence electrons. The Balaban J connectivity index is 1.44. The summed E-state index contributed by atoms with van der Waals surface area (Å²) in [6.45, 7) is 3.14. The summed E-state index contributed by atoms with van der Waals surface area (Å²) in [6.07, 6.45) is 3.12. The number of nitrogens with two attached hydrogens (primary N) is 1. The van der Waals surface area contributed by atoms with Crippen LogP contribution in [0.25, 0.3) is 0 Å². The normalized spacial score (nSPS) is 15.9. The second kappa shape index (κ2) is 7.62. The first-order chi connectivity index (χ1) is 11.2. The zero-order valence-electron chi connectivity index (χ0n) is 13.7. The molecule has 3 heteroatoms. The van der Waals surface area contributed by atoms with Crippen LogP contribution < -0.4 is 10.1 Å². The van der Waals surface area contributed by atoms with E-state index in [0.29, 0.717) is 19.2 Å². The summed E-state index contributed by atoms with van der Waals surface area (Å²) in [7, 11) is 0. The van der Waals surface area contributed by atoms with E-state index in [9.17, 15) is 5.11 Å². The molecule has 0 amide bonds. The highest BCUT2D eigenvalue weighted by Gasteiger charge is 2.14. The largest absolute Gasteiger partial charge is 0.491 e. The number of rotatable bonds is 7. The molecule has 1 aliphatic carbocycles. The van der Waals surface area contributed by atoms with Gasteiger partial charge in [-0.05, 0) is 49.4 Å². The van der Waals surface area contributed by atoms with Crippen molar-refractivity contribution in [3.05, 3.63) is 65.2 Å². The molecule has 23 heavy (non-hydrogen) atoms. The molecule has 3 rings (SSSR count). The predicted octanol–water partition coefficient (Wildman–Crippen LogP) is 2.24. The maximum atomic E-state index is 10.1. The molecule has 0 heterocycles. The molecule has 0 aromatic heterocycles. The molecule has 0 saturated carbocycles. The molecular formula is C20H26NO2+. The minimum absolute atomic E-state index is 0.339. The van der Waals surface area contributed by atoms with Gasteiger partial charge in [-0.2, -0.15) is 0 Å². The van der Waals surface area contributed by atoms with Crippen LogP contribution in [0, 0.1) is 0 Å². The van der Waals surface area contributed by atoms with Crippen molar-refractivity contribution in [2.24, 2.45) is 0 Å². The highest BCUT2D eigenvalue weighted by atomic mass is 16.5. The van der Waals surface area contributed by atoms with Crippen LogP contribution in [0.4, 0.5) is 0 Å². The number of hydrogen-bond donors (Lipinski definition) is 2. The third-order valence-corrected chi connectivity index (χ3v) is 4.60. The Morgan fingerprint density at radius 3 is 2.70 bits per heavy atom. The maximum Gasteiger partial charge on any atom is 0.137 e. The van der Waals surface area contributed by atoms with Gasteiger partial charge in [0.15, 0.2) is 0 Å². The average Bonchev–Trinajstić information content (AvgIpc) is 3.06. The van der Waals surface area contributed by atoms with Gasteiger partial charge >= 0.3 is 0 Å². The van der Waals surface area contributed by atoms with Crippen LogP contribution in [0.1, 0.15) is 36.1 Å². The van der Waals surface area contributed by atoms with Crippen molar-refractivity contribution in [1.82, 2.24) is 0 Å². The van der Waals surface area contributed by atoms with Crippen LogP contribution in [0.3, 0.4) is 0 Å². The zero-order chi connectivity index (χ0) is 16.1. The van der Waals surface area contributed by atoms with Crippen LogP contribution in [0.5, 0.6) is 5.75 Å². The first-order valence-corrected chi connectivity index (χ1v) is 8.53. The fraction of sp³-hybridized carbons (Fsp3) is 0.400. The SMILES string of the molecule is C[C@H]([NH2+]C[C@@H](O)COc1ccc2c(c1)CCC2)c1ccccc1. The Morgan fingerprint density at radius 1 is 1.09 bits per heavy atom. The first kappa shape index (κ1) is 16.0. The minimum Gasteiger partial charge on any atom is -0.491 e. The number of benzene rings is 2. The highest BCUT2D eigenvalue weighted by Crippen LogP contribution is 2.26. The molecule has 0 bridgehead atoms. The fourth-order valence-electron chi connectivity index (χ4n) is 3.15. The topological polar surface area (TPSA) is 46.1 Å². The quantitative estimate of drug-likeness (QED) is 0.823. The molecule has 3 N–H and O–H groups in total. The smallest absolute Gasteiger partial charge is 0.137 e. The third-order valence-electron chi connectivity index (χ3n) is 4.60. The first-order valence-electron chi connectivity index (χ1n) is 8.53. The van der Waals surface area contributed by atoms with E-state index in [2.05, 4.69) is 36.5 Å². The Morgan fingerprint density at radius 2 is 1.87 bits per heavy atom. The molecule has 0 aliphatic heterocycles. The van der Waals surface area contributed by atoms with Crippen LogP contribution in [-0.4, -0.2) is 24.4 Å². The van der Waals surface area contributed by atoms with Gasteiger partial charge < -0.3 is 15.2 Å². The number of quaternary nitrogens is 1. The minimum atomic E-state index is -0.464. The van der Waals surface area contributed by atoms with E-state index in [1.807, 2.05) is 24.3 Å². The monoisotopic (exact) mass is 312 g/mol. The van der Waals surface area contributed by atoms with Gasteiger partial charge in [0, 0.05) is 5.56 Å². The number of ether oxygens (including phenoxy) is 1. The molecule has 0 radical (unpaired) electrons. The van der Waals surface area contributed by atoms with Crippen molar-refractivity contribution in [3.63, 3.8) is 0 Å². The Kier molecular flexibility index (Phi) is 5.31. The number of aryl methyl sites for hydroxylation is 2. The number of fused-ring (bicyclic) bond motifs is 1. The van der Waals surface area contributed by atoms with Crippen LogP contribution in [0.15, 0.2) is 48.5 Å². The molecule has 0 spiro atoms. The van der Waals surface area contributed by atoms with Gasteiger partial charge in [-0.25, -0.2) is 0 Å². The lowest BCUT2D eigenvalue weighted by atomic mass is 10.1. The molecule has 2 aromatic rings. The lowest BCUT2D eigenvalue weighted by Crippen LogP contribution is -2.87. The summed E-state index contributed by atoms with van der Waals surface area (Å²) in [5.41, 5.74) is 4.13. The van der Waals surface area contributed by atoms with Gasteiger partial charge in [-0.1, -0.05) is 36.4 Å². The van der Waals surface area contributed by atoms with Crippen molar-refractivity contribution in [2.75, 3.05) is 13.2 Å². The summed E-state index contributed by atoms with van der Waals surface area (Å²) >= 11 is 0. The number of aliphatic hydroxyl groups excluding tert-OH is 1. The van der Waals surface area contributed by atoms with E-state index in [1.54, 1.807) is 0 Å². The zero-order valence-corrected chi connectivity index (χ0v) is 13.7. The Bertz CT molecular complexity index is 627. The van der Waals surface area contributed by atoms with Crippen LogP contribution >= 0.6 is 0 Å². The lowest BCUT2D eigenvalue weighted by Gasteiger charge is -2.15. The Labute approximate surface area is 138 Å². The summed E-state index contributed by atoms with van der Waals surface area (Å²) in [4.78, 5) is 0. The van der Waals surface area contributed by atoms with Gasteiger partial charge in [0.25, 0.3) is 0 Å². The van der Waals surface area contributed by atoms with Crippen LogP contribution in [0.2, 0.25) is 0 Å². The van der Waals surface area contributed by atoms with Gasteiger partial charge in [-0.3, -0.25) is 0 Å². The van der Waals surface area contributed by atoms with Crippen molar-refractivity contribution < 1.29 is 15.2 Å². The van der Waals surface area contributed by atoms with E-state index >= 15 is 0 Å². The molecule has 0 unspecified atom stereocenters. The third kappa shape index (κ3) is 4.34.